The van der Waals surface area contributed by atoms with Gasteiger partial charge in [-0.2, -0.15) is 0 Å². The second kappa shape index (κ2) is 8.46. The molecular formula is C18H10Cl3NO3S2. The van der Waals surface area contributed by atoms with E-state index in [9.17, 15) is 14.7 Å². The number of carbonyl (C=O) groups is 2. The van der Waals surface area contributed by atoms with Gasteiger partial charge in [0.15, 0.2) is 0 Å². The molecule has 138 valence electrons. The summed E-state index contributed by atoms with van der Waals surface area (Å²) in [6, 6.07) is 12.4. The van der Waals surface area contributed by atoms with E-state index in [2.05, 4.69) is 5.32 Å². The van der Waals surface area contributed by atoms with Crippen LogP contribution in [0.5, 0.6) is 0 Å². The van der Waals surface area contributed by atoms with Crippen molar-refractivity contribution in [2.24, 2.45) is 0 Å². The van der Waals surface area contributed by atoms with E-state index < -0.39 is 11.9 Å². The summed E-state index contributed by atoms with van der Waals surface area (Å²) in [6.45, 7) is 0. The highest BCUT2D eigenvalue weighted by atomic mass is 35.5. The minimum Gasteiger partial charge on any atom is -0.477 e. The van der Waals surface area contributed by atoms with Crippen molar-refractivity contribution in [3.8, 4) is 10.4 Å². The van der Waals surface area contributed by atoms with E-state index in [0.29, 0.717) is 14.2 Å². The topological polar surface area (TPSA) is 66.4 Å². The van der Waals surface area contributed by atoms with Crippen LogP contribution in [0.3, 0.4) is 0 Å². The molecule has 0 aliphatic heterocycles. The fourth-order valence-electron chi connectivity index (χ4n) is 2.21. The Hall–Kier alpha value is -1.83. The molecule has 2 heterocycles. The van der Waals surface area contributed by atoms with Crippen molar-refractivity contribution in [2.75, 3.05) is 0 Å². The molecule has 0 radical (unpaired) electrons. The van der Waals surface area contributed by atoms with Crippen LogP contribution in [0.15, 0.2) is 48.2 Å². The molecule has 0 unspecified atom stereocenters. The number of amides is 1. The number of aliphatic carboxylic acids is 1. The average Bonchev–Trinajstić information content (AvgIpc) is 3.20. The Bertz CT molecular complexity index is 1060. The van der Waals surface area contributed by atoms with E-state index >= 15 is 0 Å². The number of rotatable bonds is 5. The van der Waals surface area contributed by atoms with Crippen molar-refractivity contribution < 1.29 is 14.7 Å². The zero-order valence-electron chi connectivity index (χ0n) is 13.3. The van der Waals surface area contributed by atoms with Gasteiger partial charge in [0.1, 0.15) is 10.0 Å². The molecule has 0 saturated carbocycles. The van der Waals surface area contributed by atoms with Gasteiger partial charge in [-0.1, -0.05) is 53.0 Å². The highest BCUT2D eigenvalue weighted by Crippen LogP contribution is 2.34. The van der Waals surface area contributed by atoms with Crippen LogP contribution in [0.1, 0.15) is 15.2 Å². The number of benzene rings is 1. The van der Waals surface area contributed by atoms with Gasteiger partial charge in [0, 0.05) is 20.3 Å². The minimum atomic E-state index is -1.27. The van der Waals surface area contributed by atoms with Gasteiger partial charge in [-0.05, 0) is 30.3 Å². The average molecular weight is 459 g/mol. The molecule has 2 aromatic heterocycles. The Morgan fingerprint density at radius 1 is 1.04 bits per heavy atom. The first kappa shape index (κ1) is 19.9. The number of thiophene rings is 2. The van der Waals surface area contributed by atoms with Crippen LogP contribution in [0.2, 0.25) is 13.7 Å². The molecule has 0 aliphatic carbocycles. The van der Waals surface area contributed by atoms with E-state index in [0.717, 1.165) is 21.8 Å². The van der Waals surface area contributed by atoms with Crippen molar-refractivity contribution >= 4 is 75.4 Å². The van der Waals surface area contributed by atoms with Crippen LogP contribution in [-0.2, 0) is 4.79 Å². The summed E-state index contributed by atoms with van der Waals surface area (Å²) in [4.78, 5) is 25.4. The standard InChI is InChI=1S/C18H10Cl3NO3S2/c19-12-4-2-1-3-10(12)14-6-5-9(26-14)7-13(18(24)25)22-17(23)11-8-15(20)27-16(11)21/h1-8H,(H,22,23)(H,24,25)/b13-7+. The summed E-state index contributed by atoms with van der Waals surface area (Å²) in [5.74, 6) is -1.91. The van der Waals surface area contributed by atoms with Gasteiger partial charge in [0.25, 0.3) is 5.91 Å². The van der Waals surface area contributed by atoms with Crippen LogP contribution in [0, 0.1) is 0 Å². The quantitative estimate of drug-likeness (QED) is 0.441. The number of halogens is 3. The van der Waals surface area contributed by atoms with Crippen molar-refractivity contribution in [3.63, 3.8) is 0 Å². The fraction of sp³-hybridized carbons (Fsp3) is 0. The molecule has 4 nitrogen and oxygen atoms in total. The Balaban J connectivity index is 1.86. The molecule has 27 heavy (non-hydrogen) atoms. The zero-order valence-corrected chi connectivity index (χ0v) is 17.2. The lowest BCUT2D eigenvalue weighted by molar-refractivity contribution is -0.132. The Morgan fingerprint density at radius 3 is 2.41 bits per heavy atom. The first-order valence-corrected chi connectivity index (χ1v) is 10.2. The van der Waals surface area contributed by atoms with Crippen molar-refractivity contribution in [1.82, 2.24) is 5.32 Å². The summed E-state index contributed by atoms with van der Waals surface area (Å²) in [7, 11) is 0. The van der Waals surface area contributed by atoms with Gasteiger partial charge in [-0.25, -0.2) is 4.79 Å². The van der Waals surface area contributed by atoms with Gasteiger partial charge < -0.3 is 10.4 Å². The summed E-state index contributed by atoms with van der Waals surface area (Å²) in [5, 5.41) is 12.4. The third kappa shape index (κ3) is 4.72. The van der Waals surface area contributed by atoms with Crippen molar-refractivity contribution in [2.45, 2.75) is 0 Å². The van der Waals surface area contributed by atoms with E-state index in [4.69, 9.17) is 34.8 Å². The fourth-order valence-corrected chi connectivity index (χ4v) is 4.96. The predicted molar refractivity (Wildman–Crippen MR) is 112 cm³/mol. The zero-order chi connectivity index (χ0) is 19.6. The van der Waals surface area contributed by atoms with E-state index in [1.165, 1.54) is 23.5 Å². The summed E-state index contributed by atoms with van der Waals surface area (Å²) in [6.07, 6.45) is 1.38. The number of hydrogen-bond donors (Lipinski definition) is 2. The normalized spacial score (nSPS) is 11.4. The van der Waals surface area contributed by atoms with E-state index in [-0.39, 0.29) is 15.6 Å². The lowest BCUT2D eigenvalue weighted by atomic mass is 10.2. The van der Waals surface area contributed by atoms with Crippen LogP contribution in [0.25, 0.3) is 16.5 Å². The molecule has 3 rings (SSSR count). The third-order valence-corrected chi connectivity index (χ3v) is 6.32. The summed E-state index contributed by atoms with van der Waals surface area (Å²) >= 11 is 20.4. The van der Waals surface area contributed by atoms with Crippen LogP contribution in [0.4, 0.5) is 0 Å². The highest BCUT2D eigenvalue weighted by molar-refractivity contribution is 7.20. The van der Waals surface area contributed by atoms with Crippen LogP contribution < -0.4 is 5.32 Å². The molecule has 2 N–H and O–H groups in total. The van der Waals surface area contributed by atoms with Gasteiger partial charge in [0.2, 0.25) is 0 Å². The smallest absolute Gasteiger partial charge is 0.352 e. The second-order valence-corrected chi connectivity index (χ2v) is 9.05. The minimum absolute atomic E-state index is 0.127. The molecule has 0 saturated heterocycles. The lowest BCUT2D eigenvalue weighted by Crippen LogP contribution is -2.27. The monoisotopic (exact) mass is 457 g/mol. The Morgan fingerprint density at radius 2 is 1.78 bits per heavy atom. The van der Waals surface area contributed by atoms with Crippen molar-refractivity contribution in [3.05, 3.63) is 72.3 Å². The number of carboxylic acid groups (broad SMARTS) is 1. The van der Waals surface area contributed by atoms with Gasteiger partial charge in [-0.3, -0.25) is 4.79 Å². The number of carboxylic acids is 1. The molecule has 0 atom stereocenters. The maximum absolute atomic E-state index is 12.3. The molecule has 3 aromatic rings. The second-order valence-electron chi connectivity index (χ2n) is 5.24. The molecule has 9 heteroatoms. The maximum Gasteiger partial charge on any atom is 0.352 e. The number of carbonyl (C=O) groups excluding carboxylic acids is 1. The molecule has 0 aliphatic rings. The van der Waals surface area contributed by atoms with Crippen LogP contribution in [-0.4, -0.2) is 17.0 Å². The Kier molecular flexibility index (Phi) is 6.24. The highest BCUT2D eigenvalue weighted by Gasteiger charge is 2.18. The number of nitrogens with one attached hydrogen (secondary N) is 1. The molecule has 1 aromatic carbocycles. The lowest BCUT2D eigenvalue weighted by Gasteiger charge is -2.05. The third-order valence-electron chi connectivity index (χ3n) is 3.43. The van der Waals surface area contributed by atoms with Crippen LogP contribution >= 0.6 is 57.5 Å². The van der Waals surface area contributed by atoms with E-state index in [1.807, 2.05) is 24.3 Å². The van der Waals surface area contributed by atoms with Gasteiger partial charge >= 0.3 is 5.97 Å². The largest absolute Gasteiger partial charge is 0.477 e. The van der Waals surface area contributed by atoms with Crippen molar-refractivity contribution in [1.29, 1.82) is 0 Å². The maximum atomic E-state index is 12.3. The first-order chi connectivity index (χ1) is 12.8. The molecular weight excluding hydrogens is 449 g/mol. The SMILES string of the molecule is O=C(O)/C(=C\c1ccc(-c2ccccc2Cl)s1)NC(=O)c1cc(Cl)sc1Cl. The molecule has 0 spiro atoms. The molecule has 1 amide bonds. The van der Waals surface area contributed by atoms with Gasteiger partial charge in [0.05, 0.1) is 9.90 Å². The molecule has 0 bridgehead atoms. The predicted octanol–water partition coefficient (Wildman–Crippen LogP) is 6.29. The van der Waals surface area contributed by atoms with E-state index in [1.54, 1.807) is 12.1 Å². The Labute approximate surface area is 177 Å². The number of hydrogen-bond acceptors (Lipinski definition) is 4. The summed E-state index contributed by atoms with van der Waals surface area (Å²) < 4.78 is 0.535. The molecule has 0 fully saturated rings. The summed E-state index contributed by atoms with van der Waals surface area (Å²) in [5.41, 5.74) is 0.706. The first-order valence-electron chi connectivity index (χ1n) is 7.41. The van der Waals surface area contributed by atoms with Gasteiger partial charge in [-0.15, -0.1) is 22.7 Å².